The van der Waals surface area contributed by atoms with E-state index in [2.05, 4.69) is 68.0 Å². The minimum Gasteiger partial charge on any atom is -0.477 e. The van der Waals surface area contributed by atoms with Gasteiger partial charge in [0.2, 0.25) is 20.9 Å². The van der Waals surface area contributed by atoms with Crippen molar-refractivity contribution < 1.29 is 13.2 Å². The van der Waals surface area contributed by atoms with Crippen LogP contribution in [0, 0.1) is 11.5 Å². The third-order valence-electron chi connectivity index (χ3n) is 6.62. The first kappa shape index (κ1) is 26.8. The topological polar surface area (TPSA) is 82.0 Å². The molecule has 0 atom stereocenters. The lowest BCUT2D eigenvalue weighted by molar-refractivity contribution is 0.310. The van der Waals surface area contributed by atoms with E-state index in [4.69, 9.17) is 4.74 Å². The Labute approximate surface area is 210 Å². The van der Waals surface area contributed by atoms with Gasteiger partial charge >= 0.3 is 0 Å². The highest BCUT2D eigenvalue weighted by molar-refractivity contribution is 7.90. The molecular formula is C27H35N3O3SSi. The number of fused-ring (bicyclic) bond motifs is 1. The molecule has 0 amide bonds. The molecule has 6 nitrogen and oxygen atoms in total. The Hall–Kier alpha value is -2.76. The second-order valence-electron chi connectivity index (χ2n) is 9.90. The van der Waals surface area contributed by atoms with E-state index >= 15 is 0 Å². The van der Waals surface area contributed by atoms with E-state index in [1.165, 1.54) is 6.20 Å². The predicted molar refractivity (Wildman–Crippen MR) is 144 cm³/mol. The summed E-state index contributed by atoms with van der Waals surface area (Å²) in [6, 6.07) is 11.9. The van der Waals surface area contributed by atoms with Gasteiger partial charge in [-0.1, -0.05) is 77.8 Å². The third-order valence-corrected chi connectivity index (χ3v) is 13.8. The van der Waals surface area contributed by atoms with Gasteiger partial charge in [-0.3, -0.25) is 0 Å². The molecule has 0 fully saturated rings. The Morgan fingerprint density at radius 1 is 0.971 bits per heavy atom. The molecule has 0 aliphatic rings. The Morgan fingerprint density at radius 3 is 2.17 bits per heavy atom. The Morgan fingerprint density at radius 2 is 1.60 bits per heavy atom. The van der Waals surface area contributed by atoms with Gasteiger partial charge in [-0.2, -0.15) is 9.97 Å². The molecule has 1 aromatic carbocycles. The minimum atomic E-state index is -3.57. The van der Waals surface area contributed by atoms with Crippen molar-refractivity contribution in [3.8, 4) is 17.3 Å². The van der Waals surface area contributed by atoms with Crippen molar-refractivity contribution in [1.29, 1.82) is 0 Å². The first-order chi connectivity index (χ1) is 16.4. The lowest BCUT2D eigenvalue weighted by Crippen LogP contribution is -2.43. The van der Waals surface area contributed by atoms with E-state index in [0.29, 0.717) is 40.1 Å². The summed E-state index contributed by atoms with van der Waals surface area (Å²) in [5.41, 5.74) is 7.32. The second-order valence-corrected chi connectivity index (χ2v) is 17.4. The van der Waals surface area contributed by atoms with Crippen LogP contribution in [-0.2, 0) is 16.3 Å². The van der Waals surface area contributed by atoms with Crippen molar-refractivity contribution in [2.75, 3.05) is 12.9 Å². The van der Waals surface area contributed by atoms with Gasteiger partial charge < -0.3 is 4.74 Å². The highest BCUT2D eigenvalue weighted by atomic mass is 32.2. The van der Waals surface area contributed by atoms with E-state index in [0.717, 1.165) is 18.2 Å². The van der Waals surface area contributed by atoms with Gasteiger partial charge in [-0.25, -0.2) is 13.4 Å². The van der Waals surface area contributed by atoms with E-state index in [-0.39, 0.29) is 10.8 Å². The van der Waals surface area contributed by atoms with Crippen LogP contribution < -0.4 is 4.74 Å². The summed E-state index contributed by atoms with van der Waals surface area (Å²) in [6.45, 7) is 14.0. The van der Waals surface area contributed by atoms with Crippen molar-refractivity contribution in [2.24, 2.45) is 0 Å². The van der Waals surface area contributed by atoms with Gasteiger partial charge in [0.25, 0.3) is 0 Å². The summed E-state index contributed by atoms with van der Waals surface area (Å²) < 4.78 is 30.1. The summed E-state index contributed by atoms with van der Waals surface area (Å²) in [4.78, 5) is 12.8. The van der Waals surface area contributed by atoms with E-state index in [1.807, 2.05) is 36.4 Å². The van der Waals surface area contributed by atoms with E-state index in [9.17, 15) is 8.42 Å². The fourth-order valence-corrected chi connectivity index (χ4v) is 10.6. The summed E-state index contributed by atoms with van der Waals surface area (Å²) >= 11 is 0. The van der Waals surface area contributed by atoms with Gasteiger partial charge in [0.15, 0.2) is 5.65 Å². The van der Waals surface area contributed by atoms with Crippen LogP contribution in [0.1, 0.15) is 52.7 Å². The maximum absolute atomic E-state index is 12.1. The molecule has 0 radical (unpaired) electrons. The molecule has 35 heavy (non-hydrogen) atoms. The maximum atomic E-state index is 12.1. The fraction of sp³-hybridized carbons (Fsp3) is 0.444. The maximum Gasteiger partial charge on any atom is 0.248 e. The summed E-state index contributed by atoms with van der Waals surface area (Å²) in [7, 11) is -5.56. The van der Waals surface area contributed by atoms with Crippen molar-refractivity contribution >= 4 is 28.9 Å². The molecule has 0 aliphatic carbocycles. The molecule has 0 bridgehead atoms. The number of nitrogens with zero attached hydrogens (tertiary/aromatic N) is 3. The molecule has 8 heteroatoms. The van der Waals surface area contributed by atoms with Gasteiger partial charge in [0, 0.05) is 30.5 Å². The van der Waals surface area contributed by atoms with Gasteiger partial charge in [-0.15, -0.1) is 5.54 Å². The molecule has 0 saturated carbocycles. The number of rotatable bonds is 8. The fourth-order valence-electron chi connectivity index (χ4n) is 4.85. The normalized spacial score (nSPS) is 12.3. The zero-order valence-electron chi connectivity index (χ0n) is 21.7. The number of pyridine rings is 1. The number of hydrogen-bond donors (Lipinski definition) is 0. The van der Waals surface area contributed by atoms with E-state index in [1.54, 1.807) is 0 Å². The van der Waals surface area contributed by atoms with Gasteiger partial charge in [-0.05, 0) is 22.2 Å². The third kappa shape index (κ3) is 6.09. The zero-order chi connectivity index (χ0) is 25.8. The van der Waals surface area contributed by atoms with E-state index < -0.39 is 17.9 Å². The average molecular weight is 510 g/mol. The van der Waals surface area contributed by atoms with Crippen LogP contribution >= 0.6 is 0 Å². The quantitative estimate of drug-likeness (QED) is 0.223. The molecule has 0 spiro atoms. The number of sulfone groups is 1. The van der Waals surface area contributed by atoms with Crippen LogP contribution in [0.15, 0.2) is 47.8 Å². The molecule has 3 rings (SSSR count). The Bertz CT molecular complexity index is 1320. The number of benzene rings is 1. The highest BCUT2D eigenvalue weighted by Gasteiger charge is 2.41. The van der Waals surface area contributed by atoms with Crippen LogP contribution in [0.4, 0.5) is 0 Å². The first-order valence-corrected chi connectivity index (χ1v) is 16.1. The second kappa shape index (κ2) is 10.9. The largest absolute Gasteiger partial charge is 0.477 e. The van der Waals surface area contributed by atoms with Crippen LogP contribution in [0.5, 0.6) is 5.88 Å². The van der Waals surface area contributed by atoms with Crippen LogP contribution in [0.2, 0.25) is 16.6 Å². The predicted octanol–water partition coefficient (Wildman–Crippen LogP) is 5.62. The smallest absolute Gasteiger partial charge is 0.248 e. The van der Waals surface area contributed by atoms with Crippen LogP contribution in [0.25, 0.3) is 11.0 Å². The average Bonchev–Trinajstić information content (AvgIpc) is 2.78. The molecule has 0 aliphatic heterocycles. The lowest BCUT2D eigenvalue weighted by atomic mass is 10.2. The Balaban J connectivity index is 2.09. The van der Waals surface area contributed by atoms with Crippen LogP contribution in [0.3, 0.4) is 0 Å². The molecule has 0 N–H and O–H groups in total. The molecule has 2 aromatic heterocycles. The molecule has 2 heterocycles. The minimum absolute atomic E-state index is 0.256. The number of hydrogen-bond acceptors (Lipinski definition) is 6. The first-order valence-electron chi connectivity index (χ1n) is 12.0. The number of aromatic nitrogens is 3. The zero-order valence-corrected chi connectivity index (χ0v) is 23.5. The summed E-state index contributed by atoms with van der Waals surface area (Å²) in [6.07, 6.45) is 3.32. The summed E-state index contributed by atoms with van der Waals surface area (Å²) in [5, 5.41) is 0.368. The molecule has 186 valence electrons. The molecule has 0 saturated heterocycles. The van der Waals surface area contributed by atoms with Gasteiger partial charge in [0.05, 0.1) is 12.0 Å². The van der Waals surface area contributed by atoms with Crippen molar-refractivity contribution in [2.45, 2.75) is 69.7 Å². The molecular weight excluding hydrogens is 474 g/mol. The lowest BCUT2D eigenvalue weighted by Gasteiger charge is -2.38. The molecule has 3 aromatic rings. The SMILES string of the molecule is CC(C)[Si](C#Cc1cc(OCCc2ccccc2)nc2nc(S(C)(=O)=O)ncc12)(C(C)C)C(C)C. The number of ether oxygens (including phenoxy) is 1. The van der Waals surface area contributed by atoms with Crippen molar-refractivity contribution in [3.63, 3.8) is 0 Å². The standard InChI is InChI=1S/C27H35N3O3SSi/c1-19(2)35(20(3)4,21(5)6)16-14-23-17-25(33-15-13-22-11-9-8-10-12-22)29-26-24(23)18-28-27(30-26)34(7,31)32/h8-12,17-21H,13,15H2,1-7H3. The molecule has 0 unspecified atom stereocenters. The Kier molecular flexibility index (Phi) is 8.34. The van der Waals surface area contributed by atoms with Crippen LogP contribution in [-0.4, -0.2) is 44.3 Å². The summed E-state index contributed by atoms with van der Waals surface area (Å²) in [5.74, 6) is 3.82. The van der Waals surface area contributed by atoms with Crippen molar-refractivity contribution in [3.05, 3.63) is 53.7 Å². The monoisotopic (exact) mass is 509 g/mol. The van der Waals surface area contributed by atoms with Gasteiger partial charge in [0.1, 0.15) is 8.07 Å². The van der Waals surface area contributed by atoms with Crippen molar-refractivity contribution in [1.82, 2.24) is 15.0 Å². The highest BCUT2D eigenvalue weighted by Crippen LogP contribution is 2.41.